The van der Waals surface area contributed by atoms with Gasteiger partial charge in [0, 0.05) is 43.1 Å². The van der Waals surface area contributed by atoms with Crippen LogP contribution in [-0.2, 0) is 41.3 Å². The van der Waals surface area contributed by atoms with Crippen LogP contribution in [-0.4, -0.2) is 59.0 Å². The van der Waals surface area contributed by atoms with Crippen LogP contribution < -0.4 is 11.0 Å². The number of carbonyl (C=O) groups excluding carboxylic acids is 1. The van der Waals surface area contributed by atoms with E-state index in [9.17, 15) is 35.9 Å². The summed E-state index contributed by atoms with van der Waals surface area (Å²) in [6.45, 7) is 4.41. The average molecular weight is 579 g/mol. The highest BCUT2D eigenvalue weighted by atomic mass is 32.2. The lowest BCUT2D eigenvalue weighted by molar-refractivity contribution is -0.143. The lowest BCUT2D eigenvalue weighted by atomic mass is 9.97. The van der Waals surface area contributed by atoms with Crippen LogP contribution >= 0.6 is 11.8 Å². The minimum Gasteiger partial charge on any atom is -0.379 e. The van der Waals surface area contributed by atoms with Gasteiger partial charge in [0.15, 0.2) is 0 Å². The van der Waals surface area contributed by atoms with Crippen LogP contribution in [0.3, 0.4) is 0 Å². The van der Waals surface area contributed by atoms with Gasteiger partial charge in [-0.3, -0.25) is 14.3 Å². The number of ether oxygens (including phenoxy) is 1. The molecular weight excluding hydrogens is 550 g/mol. The van der Waals surface area contributed by atoms with Crippen molar-refractivity contribution >= 4 is 23.4 Å². The number of alkyl halides is 6. The Balaban J connectivity index is 1.45. The first kappa shape index (κ1) is 29.4. The van der Waals surface area contributed by atoms with Crippen molar-refractivity contribution in [2.75, 3.05) is 43.9 Å². The number of thioether (sulfide) groups is 1. The van der Waals surface area contributed by atoms with Crippen molar-refractivity contribution in [3.63, 3.8) is 0 Å². The maximum absolute atomic E-state index is 13.1. The highest BCUT2D eigenvalue weighted by Gasteiger charge is 2.37. The molecular formula is C25H28F6N4O3S. The monoisotopic (exact) mass is 578 g/mol. The maximum Gasteiger partial charge on any atom is 0.416 e. The van der Waals surface area contributed by atoms with E-state index in [1.165, 1.54) is 0 Å². The van der Waals surface area contributed by atoms with Crippen LogP contribution in [0.25, 0.3) is 0 Å². The minimum atomic E-state index is -5.02. The summed E-state index contributed by atoms with van der Waals surface area (Å²) in [5.41, 5.74) is -2.36. The number of hydrogen-bond donors (Lipinski definition) is 1. The fourth-order valence-electron chi connectivity index (χ4n) is 4.73. The fourth-order valence-corrected chi connectivity index (χ4v) is 5.61. The van der Waals surface area contributed by atoms with E-state index in [-0.39, 0.29) is 11.8 Å². The third-order valence-corrected chi connectivity index (χ3v) is 7.64. The first-order valence-corrected chi connectivity index (χ1v) is 13.5. The molecule has 1 aliphatic heterocycles. The molecule has 0 atom stereocenters. The summed E-state index contributed by atoms with van der Waals surface area (Å²) in [5, 5.41) is 2.49. The van der Waals surface area contributed by atoms with Crippen molar-refractivity contribution in [3.05, 3.63) is 51.1 Å². The molecule has 1 saturated heterocycles. The Labute approximate surface area is 224 Å². The quantitative estimate of drug-likeness (QED) is 0.280. The zero-order valence-electron chi connectivity index (χ0n) is 21.0. The molecule has 0 spiro atoms. The van der Waals surface area contributed by atoms with E-state index in [0.29, 0.717) is 49.8 Å². The average Bonchev–Trinajstić information content (AvgIpc) is 2.88. The van der Waals surface area contributed by atoms with Crippen LogP contribution in [0.2, 0.25) is 0 Å². The molecule has 1 aliphatic carbocycles. The highest BCUT2D eigenvalue weighted by molar-refractivity contribution is 8.00. The van der Waals surface area contributed by atoms with Crippen LogP contribution in [0.4, 0.5) is 32.0 Å². The predicted molar refractivity (Wildman–Crippen MR) is 133 cm³/mol. The minimum absolute atomic E-state index is 0.00341. The third-order valence-electron chi connectivity index (χ3n) is 6.62. The molecule has 7 nitrogen and oxygen atoms in total. The summed E-state index contributed by atoms with van der Waals surface area (Å²) in [4.78, 5) is 31.8. The number of benzene rings is 1. The molecule has 14 heteroatoms. The Morgan fingerprint density at radius 2 is 1.62 bits per heavy atom. The first-order valence-electron chi connectivity index (χ1n) is 12.6. The van der Waals surface area contributed by atoms with Crippen molar-refractivity contribution in [1.82, 2.24) is 14.5 Å². The summed E-state index contributed by atoms with van der Waals surface area (Å²) < 4.78 is 85.7. The second kappa shape index (κ2) is 12.3. The second-order valence-corrected chi connectivity index (χ2v) is 10.4. The van der Waals surface area contributed by atoms with Gasteiger partial charge in [0.25, 0.3) is 0 Å². The molecule has 2 aliphatic rings. The molecule has 2 heterocycles. The molecule has 1 aromatic heterocycles. The Kier molecular flexibility index (Phi) is 9.27. The van der Waals surface area contributed by atoms with Gasteiger partial charge in [-0.15, -0.1) is 0 Å². The smallest absolute Gasteiger partial charge is 0.379 e. The normalized spacial score (nSPS) is 16.7. The Hall–Kier alpha value is -2.58. The van der Waals surface area contributed by atoms with E-state index >= 15 is 0 Å². The van der Waals surface area contributed by atoms with Gasteiger partial charge >= 0.3 is 18.0 Å². The molecule has 214 valence electrons. The third kappa shape index (κ3) is 7.76. The Morgan fingerprint density at radius 3 is 2.26 bits per heavy atom. The summed E-state index contributed by atoms with van der Waals surface area (Å²) >= 11 is 0.948. The molecule has 1 aromatic carbocycles. The van der Waals surface area contributed by atoms with Crippen molar-refractivity contribution < 1.29 is 35.9 Å². The number of morpholine rings is 1. The van der Waals surface area contributed by atoms with E-state index in [0.717, 1.165) is 61.9 Å². The van der Waals surface area contributed by atoms with E-state index in [2.05, 4.69) is 15.2 Å². The largest absolute Gasteiger partial charge is 0.416 e. The van der Waals surface area contributed by atoms with Gasteiger partial charge in [-0.1, -0.05) is 11.8 Å². The highest BCUT2D eigenvalue weighted by Crippen LogP contribution is 2.37. The standard InChI is InChI=1S/C25H28F6N4O3S/c26-24(27,28)16-12-17(25(29,30)31)14-18(13-16)32-21(36)15-39-22-19-4-1-2-5-20(19)35(23(37)33-22)7-3-6-34-8-10-38-11-9-34/h12-14H,1-11,15H2,(H,32,36). The number of halogens is 6. The summed E-state index contributed by atoms with van der Waals surface area (Å²) in [5.74, 6) is -1.15. The number of fused-ring (bicyclic) bond motifs is 1. The molecule has 0 bridgehead atoms. The summed E-state index contributed by atoms with van der Waals surface area (Å²) in [7, 11) is 0. The number of amides is 1. The van der Waals surface area contributed by atoms with Crippen LogP contribution in [0.15, 0.2) is 28.0 Å². The van der Waals surface area contributed by atoms with Crippen molar-refractivity contribution in [3.8, 4) is 0 Å². The number of hydrogen-bond acceptors (Lipinski definition) is 6. The topological polar surface area (TPSA) is 76.5 Å². The molecule has 1 fully saturated rings. The number of carbonyl (C=O) groups is 1. The summed E-state index contributed by atoms with van der Waals surface area (Å²) in [6, 6.07) is 0.905. The number of nitrogens with zero attached hydrogens (tertiary/aromatic N) is 3. The molecule has 0 saturated carbocycles. The SMILES string of the molecule is O=C(CSc1nc(=O)n(CCCN2CCOCC2)c2c1CCCC2)Nc1cc(C(F)(F)F)cc(C(F)(F)F)c1. The molecule has 0 unspecified atom stereocenters. The molecule has 4 rings (SSSR count). The zero-order valence-corrected chi connectivity index (χ0v) is 21.8. The van der Waals surface area contributed by atoms with Gasteiger partial charge in [-0.2, -0.15) is 31.3 Å². The van der Waals surface area contributed by atoms with Gasteiger partial charge in [-0.25, -0.2) is 4.79 Å². The summed E-state index contributed by atoms with van der Waals surface area (Å²) in [6.07, 6.45) is -6.14. The van der Waals surface area contributed by atoms with Gasteiger partial charge in [-0.05, 0) is 50.3 Å². The lowest BCUT2D eigenvalue weighted by Gasteiger charge is -2.27. The lowest BCUT2D eigenvalue weighted by Crippen LogP contribution is -2.38. The van der Waals surface area contributed by atoms with Crippen LogP contribution in [0.1, 0.15) is 41.6 Å². The van der Waals surface area contributed by atoms with Crippen LogP contribution in [0, 0.1) is 0 Å². The number of anilines is 1. The van der Waals surface area contributed by atoms with Gasteiger partial charge in [0.2, 0.25) is 5.91 Å². The van der Waals surface area contributed by atoms with Crippen molar-refractivity contribution in [1.29, 1.82) is 0 Å². The van der Waals surface area contributed by atoms with Crippen molar-refractivity contribution in [2.45, 2.75) is 56.0 Å². The second-order valence-electron chi connectivity index (χ2n) is 9.42. The predicted octanol–water partition coefficient (Wildman–Crippen LogP) is 4.61. The van der Waals surface area contributed by atoms with Crippen molar-refractivity contribution in [2.24, 2.45) is 0 Å². The first-order chi connectivity index (χ1) is 18.4. The number of rotatable bonds is 8. The van der Waals surface area contributed by atoms with E-state index in [4.69, 9.17) is 4.74 Å². The zero-order chi connectivity index (χ0) is 28.2. The Morgan fingerprint density at radius 1 is 0.974 bits per heavy atom. The molecule has 39 heavy (non-hydrogen) atoms. The molecule has 1 amide bonds. The van der Waals surface area contributed by atoms with E-state index < -0.39 is 40.8 Å². The molecule has 0 radical (unpaired) electrons. The van der Waals surface area contributed by atoms with E-state index in [1.54, 1.807) is 4.57 Å². The molecule has 2 aromatic rings. The Bertz CT molecular complexity index is 1210. The number of aromatic nitrogens is 2. The maximum atomic E-state index is 13.1. The van der Waals surface area contributed by atoms with Gasteiger partial charge in [0.1, 0.15) is 5.03 Å². The number of nitrogens with one attached hydrogen (secondary N) is 1. The van der Waals surface area contributed by atoms with Gasteiger partial charge < -0.3 is 10.1 Å². The van der Waals surface area contributed by atoms with E-state index in [1.807, 2.05) is 0 Å². The molecule has 1 N–H and O–H groups in total. The fraction of sp³-hybridized carbons (Fsp3) is 0.560. The van der Waals surface area contributed by atoms with Crippen LogP contribution in [0.5, 0.6) is 0 Å². The van der Waals surface area contributed by atoms with Gasteiger partial charge in [0.05, 0.1) is 30.1 Å².